The first-order valence-corrected chi connectivity index (χ1v) is 12.7. The van der Waals surface area contributed by atoms with E-state index in [2.05, 4.69) is 0 Å². The number of aliphatic hydroxyl groups is 1. The highest BCUT2D eigenvalue weighted by atomic mass is 32.2. The van der Waals surface area contributed by atoms with E-state index in [-0.39, 0.29) is 29.8 Å². The molecule has 34 heavy (non-hydrogen) atoms. The van der Waals surface area contributed by atoms with Crippen LogP contribution in [0.15, 0.2) is 53.4 Å². The Kier molecular flexibility index (Phi) is 8.12. The molecular weight excluding hydrogens is 456 g/mol. The minimum atomic E-state index is -4.04. The molecule has 1 saturated heterocycles. The largest absolute Gasteiger partial charge is 0.454 e. The minimum Gasteiger partial charge on any atom is -0.454 e. The lowest BCUT2D eigenvalue weighted by molar-refractivity contribution is -0.155. The topological polar surface area (TPSA) is 104 Å². The SMILES string of the molecule is Cc1ccc(S(=O)(=O)N2CC(O)CC2C(=O)OCC(=O)N(Cc2ccccc2)C(C)C)cc1C. The number of benzene rings is 2. The highest BCUT2D eigenvalue weighted by Gasteiger charge is 2.44. The van der Waals surface area contributed by atoms with Gasteiger partial charge in [-0.15, -0.1) is 0 Å². The van der Waals surface area contributed by atoms with E-state index in [1.807, 2.05) is 51.1 Å². The van der Waals surface area contributed by atoms with Crippen LogP contribution in [0.3, 0.4) is 0 Å². The predicted octanol–water partition coefficient (Wildman–Crippen LogP) is 2.41. The number of carbonyl (C=O) groups is 2. The van der Waals surface area contributed by atoms with Gasteiger partial charge in [0.25, 0.3) is 5.91 Å². The lowest BCUT2D eigenvalue weighted by Gasteiger charge is -2.27. The van der Waals surface area contributed by atoms with Gasteiger partial charge in [-0.3, -0.25) is 9.59 Å². The zero-order chi connectivity index (χ0) is 25.0. The van der Waals surface area contributed by atoms with Gasteiger partial charge in [0.05, 0.1) is 11.0 Å². The van der Waals surface area contributed by atoms with E-state index in [9.17, 15) is 23.1 Å². The Labute approximate surface area is 201 Å². The van der Waals surface area contributed by atoms with Crippen LogP contribution < -0.4 is 0 Å². The zero-order valence-electron chi connectivity index (χ0n) is 20.0. The lowest BCUT2D eigenvalue weighted by atomic mass is 10.1. The molecule has 0 bridgehead atoms. The van der Waals surface area contributed by atoms with Crippen LogP contribution in [0.2, 0.25) is 0 Å². The second kappa shape index (κ2) is 10.7. The summed E-state index contributed by atoms with van der Waals surface area (Å²) in [6, 6.07) is 12.9. The number of sulfonamides is 1. The van der Waals surface area contributed by atoms with Crippen LogP contribution in [-0.2, 0) is 30.9 Å². The van der Waals surface area contributed by atoms with Gasteiger partial charge in [-0.05, 0) is 56.5 Å². The molecule has 1 N–H and O–H groups in total. The summed E-state index contributed by atoms with van der Waals surface area (Å²) in [4.78, 5) is 27.3. The average Bonchev–Trinajstić information content (AvgIpc) is 3.20. The fraction of sp³-hybridized carbons (Fsp3) is 0.440. The van der Waals surface area contributed by atoms with Crippen LogP contribution in [0, 0.1) is 13.8 Å². The summed E-state index contributed by atoms with van der Waals surface area (Å²) in [5.41, 5.74) is 2.69. The zero-order valence-corrected chi connectivity index (χ0v) is 20.8. The summed E-state index contributed by atoms with van der Waals surface area (Å²) < 4.78 is 32.7. The second-order valence-electron chi connectivity index (χ2n) is 8.93. The molecule has 0 radical (unpaired) electrons. The predicted molar refractivity (Wildman–Crippen MR) is 127 cm³/mol. The van der Waals surface area contributed by atoms with Gasteiger partial charge in [-0.25, -0.2) is 8.42 Å². The molecule has 1 amide bonds. The van der Waals surface area contributed by atoms with Gasteiger partial charge in [0.2, 0.25) is 10.0 Å². The molecule has 9 heteroatoms. The summed E-state index contributed by atoms with van der Waals surface area (Å²) in [5.74, 6) is -1.23. The maximum absolute atomic E-state index is 13.2. The summed E-state index contributed by atoms with van der Waals surface area (Å²) >= 11 is 0. The lowest BCUT2D eigenvalue weighted by Crippen LogP contribution is -2.43. The van der Waals surface area contributed by atoms with Gasteiger partial charge in [-0.1, -0.05) is 36.4 Å². The van der Waals surface area contributed by atoms with E-state index in [1.165, 1.54) is 6.07 Å². The molecule has 184 valence electrons. The van der Waals surface area contributed by atoms with Crippen LogP contribution in [0.1, 0.15) is 37.0 Å². The third-order valence-corrected chi connectivity index (χ3v) is 7.94. The number of amides is 1. The molecule has 0 saturated carbocycles. The van der Waals surface area contributed by atoms with Crippen molar-refractivity contribution in [3.63, 3.8) is 0 Å². The Morgan fingerprint density at radius 3 is 2.41 bits per heavy atom. The van der Waals surface area contributed by atoms with E-state index in [1.54, 1.807) is 24.0 Å². The summed E-state index contributed by atoms with van der Waals surface area (Å²) in [7, 11) is -4.04. The van der Waals surface area contributed by atoms with Gasteiger partial charge >= 0.3 is 5.97 Å². The van der Waals surface area contributed by atoms with E-state index < -0.39 is 34.7 Å². The Balaban J connectivity index is 1.71. The minimum absolute atomic E-state index is 0.0485. The maximum atomic E-state index is 13.2. The first kappa shape index (κ1) is 25.9. The molecule has 0 aromatic heterocycles. The molecule has 1 heterocycles. The van der Waals surface area contributed by atoms with E-state index in [0.29, 0.717) is 6.54 Å². The highest BCUT2D eigenvalue weighted by Crippen LogP contribution is 2.28. The Morgan fingerprint density at radius 1 is 1.12 bits per heavy atom. The molecule has 2 atom stereocenters. The normalized spacial score (nSPS) is 18.8. The molecule has 8 nitrogen and oxygen atoms in total. The van der Waals surface area contributed by atoms with Crippen LogP contribution in [0.5, 0.6) is 0 Å². The molecule has 1 fully saturated rings. The number of ether oxygens (including phenoxy) is 1. The molecule has 2 aromatic carbocycles. The summed E-state index contributed by atoms with van der Waals surface area (Å²) in [6.45, 7) is 7.07. The van der Waals surface area contributed by atoms with Crippen molar-refractivity contribution in [3.05, 3.63) is 65.2 Å². The third kappa shape index (κ3) is 5.84. The van der Waals surface area contributed by atoms with Crippen LogP contribution in [0.4, 0.5) is 0 Å². The molecule has 2 aromatic rings. The monoisotopic (exact) mass is 488 g/mol. The van der Waals surface area contributed by atoms with E-state index in [0.717, 1.165) is 21.0 Å². The number of hydrogen-bond donors (Lipinski definition) is 1. The van der Waals surface area contributed by atoms with Crippen molar-refractivity contribution in [2.45, 2.75) is 63.7 Å². The smallest absolute Gasteiger partial charge is 0.325 e. The Hall–Kier alpha value is -2.75. The highest BCUT2D eigenvalue weighted by molar-refractivity contribution is 7.89. The quantitative estimate of drug-likeness (QED) is 0.573. The van der Waals surface area contributed by atoms with Crippen LogP contribution in [-0.4, -0.2) is 65.9 Å². The number of rotatable bonds is 8. The molecule has 0 aliphatic carbocycles. The number of aliphatic hydroxyl groups excluding tert-OH is 1. The molecule has 1 aliphatic rings. The van der Waals surface area contributed by atoms with Gasteiger partial charge in [0.15, 0.2) is 6.61 Å². The molecule has 1 aliphatic heterocycles. The van der Waals surface area contributed by atoms with Crippen LogP contribution >= 0.6 is 0 Å². The van der Waals surface area contributed by atoms with E-state index >= 15 is 0 Å². The second-order valence-corrected chi connectivity index (χ2v) is 10.8. The van der Waals surface area contributed by atoms with Crippen molar-refractivity contribution in [2.75, 3.05) is 13.2 Å². The summed E-state index contributed by atoms with van der Waals surface area (Å²) in [6.07, 6.45) is -1.09. The van der Waals surface area contributed by atoms with Crippen molar-refractivity contribution >= 4 is 21.9 Å². The number of carbonyl (C=O) groups excluding carboxylic acids is 2. The van der Waals surface area contributed by atoms with Gasteiger partial charge in [0.1, 0.15) is 6.04 Å². The molecule has 3 rings (SSSR count). The first-order valence-electron chi connectivity index (χ1n) is 11.3. The number of aryl methyl sites for hydroxylation is 2. The van der Waals surface area contributed by atoms with Crippen molar-refractivity contribution < 1.29 is 27.9 Å². The molecule has 2 unspecified atom stereocenters. The third-order valence-electron chi connectivity index (χ3n) is 6.07. The van der Waals surface area contributed by atoms with Gasteiger partial charge in [0, 0.05) is 25.6 Å². The molecule has 0 spiro atoms. The number of hydrogen-bond acceptors (Lipinski definition) is 6. The van der Waals surface area contributed by atoms with Gasteiger partial charge < -0.3 is 14.7 Å². The van der Waals surface area contributed by atoms with Gasteiger partial charge in [-0.2, -0.15) is 4.31 Å². The molecular formula is C25H32N2O6S. The fourth-order valence-electron chi connectivity index (χ4n) is 3.92. The maximum Gasteiger partial charge on any atom is 0.325 e. The van der Waals surface area contributed by atoms with Crippen molar-refractivity contribution in [1.82, 2.24) is 9.21 Å². The fourth-order valence-corrected chi connectivity index (χ4v) is 5.64. The number of esters is 1. The van der Waals surface area contributed by atoms with E-state index in [4.69, 9.17) is 4.74 Å². The summed E-state index contributed by atoms with van der Waals surface area (Å²) in [5, 5.41) is 10.1. The average molecular weight is 489 g/mol. The Bertz CT molecular complexity index is 1130. The van der Waals surface area contributed by atoms with Crippen molar-refractivity contribution in [1.29, 1.82) is 0 Å². The van der Waals surface area contributed by atoms with Crippen LogP contribution in [0.25, 0.3) is 0 Å². The van der Waals surface area contributed by atoms with Crippen molar-refractivity contribution in [3.8, 4) is 0 Å². The standard InChI is InChI=1S/C25H32N2O6S/c1-17(2)26(14-20-8-6-5-7-9-20)24(29)16-33-25(30)23-13-21(28)15-27(23)34(31,32)22-11-10-18(3)19(4)12-22/h5-12,17,21,23,28H,13-16H2,1-4H3. The Morgan fingerprint density at radius 2 is 1.79 bits per heavy atom. The first-order chi connectivity index (χ1) is 16.0. The van der Waals surface area contributed by atoms with Crippen molar-refractivity contribution in [2.24, 2.45) is 0 Å². The number of β-amino-alcohol motifs (C(OH)–C–C–N with tert-alkyl or cyclic N) is 1. The number of nitrogens with zero attached hydrogens (tertiary/aromatic N) is 2.